The van der Waals surface area contributed by atoms with Crippen molar-refractivity contribution < 1.29 is 38.3 Å². The number of benzene rings is 2. The van der Waals surface area contributed by atoms with Gasteiger partial charge in [0.25, 0.3) is 0 Å². The van der Waals surface area contributed by atoms with Gasteiger partial charge in [0.2, 0.25) is 35.4 Å². The van der Waals surface area contributed by atoms with Crippen molar-refractivity contribution in [2.75, 3.05) is 75.2 Å². The molecule has 6 aliphatic heterocycles. The van der Waals surface area contributed by atoms with E-state index in [9.17, 15) is 33.6 Å². The Labute approximate surface area is 363 Å². The molecule has 0 saturated carbocycles. The number of imide groups is 2. The monoisotopic (exact) mass is 860 g/mol. The van der Waals surface area contributed by atoms with Gasteiger partial charge in [-0.1, -0.05) is 31.7 Å². The maximum atomic E-state index is 12.5. The van der Waals surface area contributed by atoms with Crippen LogP contribution >= 0.6 is 12.4 Å². The van der Waals surface area contributed by atoms with Crippen molar-refractivity contribution in [2.24, 2.45) is 0 Å². The van der Waals surface area contributed by atoms with Gasteiger partial charge >= 0.3 is 6.09 Å². The zero-order valence-electron chi connectivity index (χ0n) is 34.2. The van der Waals surface area contributed by atoms with Crippen LogP contribution in [-0.2, 0) is 33.5 Å². The van der Waals surface area contributed by atoms with Gasteiger partial charge in [-0.05, 0) is 80.2 Å². The smallest absolute Gasteiger partial charge is 0.410 e. The van der Waals surface area contributed by atoms with E-state index in [1.54, 1.807) is 22.0 Å². The number of carbonyl (C=O) groups is 7. The minimum absolute atomic E-state index is 0. The molecule has 6 heterocycles. The normalized spacial score (nSPS) is 22.0. The molecule has 2 aromatic carbocycles. The molecule has 0 aliphatic carbocycles. The highest BCUT2D eigenvalue weighted by atomic mass is 35.5. The van der Waals surface area contributed by atoms with Crippen LogP contribution in [0.15, 0.2) is 60.7 Å². The topological polar surface area (TPSA) is 181 Å². The highest BCUT2D eigenvalue weighted by Gasteiger charge is 2.38. The molecule has 61 heavy (non-hydrogen) atoms. The molecule has 4 saturated heterocycles. The molecule has 7 amide bonds. The highest BCUT2D eigenvalue weighted by molar-refractivity contribution is 6.07. The summed E-state index contributed by atoms with van der Waals surface area (Å²) in [6, 6.07) is 15.0. The third kappa shape index (κ3) is 11.2. The molecule has 2 unspecified atom stereocenters. The number of anilines is 2. The predicted octanol–water partition coefficient (Wildman–Crippen LogP) is 2.96. The summed E-state index contributed by atoms with van der Waals surface area (Å²) in [5.74, 6) is -1.72. The van der Waals surface area contributed by atoms with E-state index in [1.165, 1.54) is 10.6 Å². The molecule has 2 atom stereocenters. The summed E-state index contributed by atoms with van der Waals surface area (Å²) in [6.45, 7) is 12.9. The predicted molar refractivity (Wildman–Crippen MR) is 234 cm³/mol. The van der Waals surface area contributed by atoms with Crippen molar-refractivity contribution in [3.63, 3.8) is 0 Å². The second-order valence-electron chi connectivity index (χ2n) is 16.5. The van der Waals surface area contributed by atoms with E-state index in [2.05, 4.69) is 37.9 Å². The molecule has 8 rings (SSSR count). The number of piperidine rings is 2. The van der Waals surface area contributed by atoms with Crippen LogP contribution in [-0.4, -0.2) is 139 Å². The van der Waals surface area contributed by atoms with Gasteiger partial charge in [0, 0.05) is 102 Å². The highest BCUT2D eigenvalue weighted by Crippen LogP contribution is 2.30. The van der Waals surface area contributed by atoms with Gasteiger partial charge in [-0.25, -0.2) is 4.79 Å². The lowest BCUT2D eigenvalue weighted by molar-refractivity contribution is -0.142. The van der Waals surface area contributed by atoms with Crippen molar-refractivity contribution in [3.05, 3.63) is 71.8 Å². The van der Waals surface area contributed by atoms with Gasteiger partial charge in [0.1, 0.15) is 17.7 Å². The van der Waals surface area contributed by atoms with E-state index in [-0.39, 0.29) is 68.3 Å². The summed E-state index contributed by atoms with van der Waals surface area (Å²) < 4.78 is 5.45. The molecule has 0 spiro atoms. The van der Waals surface area contributed by atoms with Crippen molar-refractivity contribution in [2.45, 2.75) is 71.6 Å². The second kappa shape index (κ2) is 19.8. The number of amides is 7. The first kappa shape index (κ1) is 46.3. The molecular weight excluding hydrogens is 804 g/mol. The SMILES string of the molecule is C.CC(C)(C)OC(=O)N1CCN(c2ccc(C3=CC(=O)N(C4CCC(=O)NC4=O)C3)cc2)CC1.Cl.O=C1CCC(N2CC(c3ccc(N4CCNCC4)cc3)=CC2=O)C(=O)N1. The number of rotatable bonds is 6. The van der Waals surface area contributed by atoms with Crippen LogP contribution in [0.3, 0.4) is 0 Å². The summed E-state index contributed by atoms with van der Waals surface area (Å²) >= 11 is 0. The van der Waals surface area contributed by atoms with Gasteiger partial charge < -0.3 is 34.6 Å². The van der Waals surface area contributed by atoms with Crippen LogP contribution in [0, 0.1) is 0 Å². The largest absolute Gasteiger partial charge is 0.444 e. The first-order valence-electron chi connectivity index (χ1n) is 20.3. The number of carbonyl (C=O) groups excluding carboxylic acids is 7. The standard InChI is InChI=1S/C24H30N4O5.C19H22N4O3.CH4.ClH/c1-24(2,3)33-23(32)27-12-10-26(11-13-27)18-6-4-16(5-7-18)17-14-21(30)28(15-17)19-8-9-20(29)25-22(19)31;24-17-6-5-16(19(26)21-17)23-12-14(11-18(23)25)13-1-3-15(4-2-13)22-9-7-20-8-10-22;;/h4-7,14,19H,8-13,15H2,1-3H3,(H,25,29,31);1-4,11,16,20H,5-10,12H2,(H,21,24,26);1H4;1H. The molecule has 6 aliphatic rings. The lowest BCUT2D eigenvalue weighted by Crippen LogP contribution is -2.53. The second-order valence-corrected chi connectivity index (χ2v) is 16.5. The molecule has 4 fully saturated rings. The first-order valence-corrected chi connectivity index (χ1v) is 20.3. The van der Waals surface area contributed by atoms with E-state index >= 15 is 0 Å². The van der Waals surface area contributed by atoms with Crippen molar-refractivity contribution in [3.8, 4) is 0 Å². The average molecular weight is 861 g/mol. The van der Waals surface area contributed by atoms with Gasteiger partial charge in [-0.15, -0.1) is 12.4 Å². The third-order valence-corrected chi connectivity index (χ3v) is 11.3. The fraction of sp³-hybridized carbons (Fsp3) is 0.477. The zero-order chi connectivity index (χ0) is 41.8. The van der Waals surface area contributed by atoms with E-state index in [0.29, 0.717) is 52.1 Å². The molecule has 0 radical (unpaired) electrons. The van der Waals surface area contributed by atoms with Crippen LogP contribution in [0.1, 0.15) is 65.0 Å². The summed E-state index contributed by atoms with van der Waals surface area (Å²) in [7, 11) is 0. The Kier molecular flexibility index (Phi) is 15.0. The molecule has 17 heteroatoms. The molecule has 16 nitrogen and oxygen atoms in total. The number of nitrogens with one attached hydrogen (secondary N) is 3. The Morgan fingerprint density at radius 1 is 0.623 bits per heavy atom. The van der Waals surface area contributed by atoms with Crippen LogP contribution in [0.25, 0.3) is 11.1 Å². The molecule has 3 N–H and O–H groups in total. The summed E-state index contributed by atoms with van der Waals surface area (Å²) in [5, 5.41) is 7.97. The van der Waals surface area contributed by atoms with Crippen LogP contribution in [0.5, 0.6) is 0 Å². The van der Waals surface area contributed by atoms with Gasteiger partial charge in [0.15, 0.2) is 0 Å². The number of nitrogens with zero attached hydrogens (tertiary/aromatic N) is 5. The fourth-order valence-corrected chi connectivity index (χ4v) is 8.08. The Hall–Kier alpha value is -5.74. The molecule has 2 aromatic rings. The van der Waals surface area contributed by atoms with E-state index < -0.39 is 23.6 Å². The van der Waals surface area contributed by atoms with Crippen molar-refractivity contribution in [1.29, 1.82) is 0 Å². The Morgan fingerprint density at radius 2 is 1.03 bits per heavy atom. The first-order chi connectivity index (χ1) is 28.2. The minimum Gasteiger partial charge on any atom is -0.444 e. The number of piperazine rings is 2. The van der Waals surface area contributed by atoms with Gasteiger partial charge in [-0.3, -0.25) is 39.4 Å². The molecule has 328 valence electrons. The maximum absolute atomic E-state index is 12.5. The van der Waals surface area contributed by atoms with Gasteiger partial charge in [-0.2, -0.15) is 0 Å². The molecular formula is C44H57ClN8O8. The molecule has 0 bridgehead atoms. The van der Waals surface area contributed by atoms with Crippen molar-refractivity contribution in [1.82, 2.24) is 30.7 Å². The van der Waals surface area contributed by atoms with E-state index in [0.717, 1.165) is 54.1 Å². The number of halogens is 1. The van der Waals surface area contributed by atoms with Crippen LogP contribution in [0.4, 0.5) is 16.2 Å². The van der Waals surface area contributed by atoms with Gasteiger partial charge in [0.05, 0.1) is 0 Å². The minimum atomic E-state index is -0.607. The van der Waals surface area contributed by atoms with Crippen LogP contribution in [0.2, 0.25) is 0 Å². The quantitative estimate of drug-likeness (QED) is 0.364. The Morgan fingerprint density at radius 3 is 1.43 bits per heavy atom. The lowest BCUT2D eigenvalue weighted by Gasteiger charge is -2.36. The third-order valence-electron chi connectivity index (χ3n) is 11.3. The summed E-state index contributed by atoms with van der Waals surface area (Å²) in [5.41, 5.74) is 5.41. The van der Waals surface area contributed by atoms with E-state index in [1.807, 2.05) is 57.2 Å². The fourth-order valence-electron chi connectivity index (χ4n) is 8.08. The number of hydrogen-bond donors (Lipinski definition) is 3. The summed E-state index contributed by atoms with van der Waals surface area (Å²) in [6.07, 6.45) is 4.14. The maximum Gasteiger partial charge on any atom is 0.410 e. The Bertz CT molecular complexity index is 2050. The number of hydrogen-bond acceptors (Lipinski definition) is 11. The Balaban J connectivity index is 0.000000229. The van der Waals surface area contributed by atoms with Crippen molar-refractivity contribution >= 4 is 76.5 Å². The summed E-state index contributed by atoms with van der Waals surface area (Å²) in [4.78, 5) is 93.4. The number of ether oxygens (including phenoxy) is 1. The average Bonchev–Trinajstić information content (AvgIpc) is 3.80. The molecule has 0 aromatic heterocycles. The van der Waals surface area contributed by atoms with Crippen LogP contribution < -0.4 is 25.8 Å². The zero-order valence-corrected chi connectivity index (χ0v) is 35.1. The lowest BCUT2D eigenvalue weighted by atomic mass is 10.0. The van der Waals surface area contributed by atoms with E-state index in [4.69, 9.17) is 4.74 Å².